The van der Waals surface area contributed by atoms with Crippen molar-refractivity contribution in [2.24, 2.45) is 0 Å². The second kappa shape index (κ2) is 5.83. The molecule has 4 nitrogen and oxygen atoms in total. The van der Waals surface area contributed by atoms with Crippen LogP contribution in [0.25, 0.3) is 0 Å². The fourth-order valence-corrected chi connectivity index (χ4v) is 3.12. The second-order valence-corrected chi connectivity index (χ2v) is 5.85. The number of benzene rings is 1. The Kier molecular flexibility index (Phi) is 3.92. The van der Waals surface area contributed by atoms with Crippen LogP contribution in [0.5, 0.6) is 0 Å². The Morgan fingerprint density at radius 1 is 1.45 bits per heavy atom. The molecule has 1 unspecified atom stereocenters. The van der Waals surface area contributed by atoms with Crippen LogP contribution in [-0.2, 0) is 17.8 Å². The van der Waals surface area contributed by atoms with E-state index in [1.54, 1.807) is 0 Å². The number of nitrogens with zero attached hydrogens (tertiary/aromatic N) is 1. The lowest BCUT2D eigenvalue weighted by atomic mass is 10.0. The maximum Gasteiger partial charge on any atom is 0.237 e. The van der Waals surface area contributed by atoms with Crippen molar-refractivity contribution in [2.45, 2.75) is 38.3 Å². The predicted molar refractivity (Wildman–Crippen MR) is 80.9 cm³/mol. The van der Waals surface area contributed by atoms with Crippen LogP contribution >= 0.6 is 0 Å². The topological polar surface area (TPSA) is 44.4 Å². The smallest absolute Gasteiger partial charge is 0.237 e. The van der Waals surface area contributed by atoms with Crippen molar-refractivity contribution in [2.75, 3.05) is 25.0 Å². The summed E-state index contributed by atoms with van der Waals surface area (Å²) in [6, 6.07) is 6.52. The van der Waals surface area contributed by atoms with Crippen LogP contribution in [0.3, 0.4) is 0 Å². The summed E-state index contributed by atoms with van der Waals surface area (Å²) in [6.07, 6.45) is 4.40. The van der Waals surface area contributed by atoms with E-state index in [0.29, 0.717) is 6.54 Å². The first-order chi connectivity index (χ1) is 9.74. The minimum Gasteiger partial charge on any atom is -0.374 e. The van der Waals surface area contributed by atoms with E-state index >= 15 is 0 Å². The first-order valence-corrected chi connectivity index (χ1v) is 7.58. The fraction of sp³-hybridized carbons (Fsp3) is 0.562. The van der Waals surface area contributed by atoms with Gasteiger partial charge in [0.1, 0.15) is 0 Å². The van der Waals surface area contributed by atoms with Gasteiger partial charge in [-0.2, -0.15) is 0 Å². The van der Waals surface area contributed by atoms with E-state index in [1.807, 2.05) is 0 Å². The normalized spacial score (nSPS) is 21.6. The molecule has 2 aliphatic heterocycles. The Morgan fingerprint density at radius 2 is 2.35 bits per heavy atom. The van der Waals surface area contributed by atoms with Crippen LogP contribution in [0.2, 0.25) is 0 Å². The van der Waals surface area contributed by atoms with Gasteiger partial charge in [-0.25, -0.2) is 0 Å². The van der Waals surface area contributed by atoms with Gasteiger partial charge in [-0.05, 0) is 43.0 Å². The maximum absolute atomic E-state index is 12.1. The van der Waals surface area contributed by atoms with Crippen LogP contribution in [0.15, 0.2) is 18.2 Å². The molecule has 0 radical (unpaired) electrons. The van der Waals surface area contributed by atoms with Gasteiger partial charge in [0.05, 0.1) is 6.04 Å². The van der Waals surface area contributed by atoms with Crippen LogP contribution in [0.1, 0.15) is 30.4 Å². The summed E-state index contributed by atoms with van der Waals surface area (Å²) in [7, 11) is 2.13. The number of hydrogen-bond donors (Lipinski definition) is 2. The second-order valence-electron chi connectivity index (χ2n) is 5.85. The van der Waals surface area contributed by atoms with E-state index in [-0.39, 0.29) is 11.9 Å². The number of likely N-dealkylation sites (N-methyl/N-ethyl adjacent to an activating group) is 1. The first-order valence-electron chi connectivity index (χ1n) is 7.58. The summed E-state index contributed by atoms with van der Waals surface area (Å²) in [5, 5.41) is 6.34. The van der Waals surface area contributed by atoms with Crippen molar-refractivity contribution < 1.29 is 4.79 Å². The van der Waals surface area contributed by atoms with Crippen LogP contribution in [0, 0.1) is 0 Å². The molecule has 2 aliphatic rings. The van der Waals surface area contributed by atoms with Gasteiger partial charge in [-0.1, -0.05) is 18.6 Å². The maximum atomic E-state index is 12.1. The third-order valence-corrected chi connectivity index (χ3v) is 4.37. The zero-order valence-corrected chi connectivity index (χ0v) is 12.1. The molecular formula is C16H23N3O. The fourth-order valence-electron chi connectivity index (χ4n) is 3.12. The monoisotopic (exact) mass is 273 g/mol. The lowest BCUT2D eigenvalue weighted by Gasteiger charge is -2.22. The van der Waals surface area contributed by atoms with Gasteiger partial charge in [0.15, 0.2) is 0 Å². The van der Waals surface area contributed by atoms with Crippen LogP contribution < -0.4 is 15.5 Å². The first kappa shape index (κ1) is 13.4. The number of rotatable bonds is 3. The molecular weight excluding hydrogens is 250 g/mol. The summed E-state index contributed by atoms with van der Waals surface area (Å²) < 4.78 is 0. The van der Waals surface area contributed by atoms with Crippen molar-refractivity contribution in [3.05, 3.63) is 29.3 Å². The number of carbonyl (C=O) groups excluding carboxylic acids is 1. The van der Waals surface area contributed by atoms with E-state index in [4.69, 9.17) is 0 Å². The van der Waals surface area contributed by atoms with E-state index in [2.05, 4.69) is 40.8 Å². The summed E-state index contributed by atoms with van der Waals surface area (Å²) in [5.41, 5.74) is 3.92. The van der Waals surface area contributed by atoms with Crippen molar-refractivity contribution >= 4 is 11.6 Å². The van der Waals surface area contributed by atoms with Gasteiger partial charge in [0, 0.05) is 25.8 Å². The zero-order chi connectivity index (χ0) is 13.9. The molecule has 0 saturated carbocycles. The Morgan fingerprint density at radius 3 is 3.15 bits per heavy atom. The molecule has 1 atom stereocenters. The molecule has 3 rings (SSSR count). The number of piperidine rings is 1. The number of hydrogen-bond acceptors (Lipinski definition) is 3. The summed E-state index contributed by atoms with van der Waals surface area (Å²) in [4.78, 5) is 14.4. The third kappa shape index (κ3) is 2.80. The van der Waals surface area contributed by atoms with Gasteiger partial charge in [-0.3, -0.25) is 4.79 Å². The number of fused-ring (bicyclic) bond motifs is 1. The number of anilines is 1. The average molecular weight is 273 g/mol. The predicted octanol–water partition coefficient (Wildman–Crippen LogP) is 1.44. The van der Waals surface area contributed by atoms with Gasteiger partial charge < -0.3 is 15.5 Å². The van der Waals surface area contributed by atoms with Gasteiger partial charge >= 0.3 is 0 Å². The van der Waals surface area contributed by atoms with Gasteiger partial charge in [0.25, 0.3) is 0 Å². The highest BCUT2D eigenvalue weighted by molar-refractivity contribution is 5.81. The molecule has 1 aromatic carbocycles. The summed E-state index contributed by atoms with van der Waals surface area (Å²) in [6.45, 7) is 2.69. The molecule has 108 valence electrons. The van der Waals surface area contributed by atoms with Crippen LogP contribution in [-0.4, -0.2) is 32.1 Å². The number of amides is 1. The number of carbonyl (C=O) groups is 1. The lowest BCUT2D eigenvalue weighted by Crippen LogP contribution is -2.46. The van der Waals surface area contributed by atoms with Gasteiger partial charge in [0.2, 0.25) is 5.91 Å². The molecule has 1 amide bonds. The van der Waals surface area contributed by atoms with Crippen molar-refractivity contribution in [1.29, 1.82) is 0 Å². The molecule has 4 heteroatoms. The molecule has 20 heavy (non-hydrogen) atoms. The minimum atomic E-state index is 0.00399. The van der Waals surface area contributed by atoms with Crippen molar-refractivity contribution in [3.63, 3.8) is 0 Å². The largest absolute Gasteiger partial charge is 0.374 e. The average Bonchev–Trinajstić information content (AvgIpc) is 2.87. The van der Waals surface area contributed by atoms with Crippen molar-refractivity contribution in [1.82, 2.24) is 10.6 Å². The third-order valence-electron chi connectivity index (χ3n) is 4.37. The minimum absolute atomic E-state index is 0.00399. The lowest BCUT2D eigenvalue weighted by molar-refractivity contribution is -0.123. The van der Waals surface area contributed by atoms with E-state index in [0.717, 1.165) is 32.4 Å². The van der Waals surface area contributed by atoms with Crippen LogP contribution in [0.4, 0.5) is 5.69 Å². The highest BCUT2D eigenvalue weighted by atomic mass is 16.2. The molecule has 1 saturated heterocycles. The SMILES string of the molecule is CN1CCc2cc(CNC(=O)C3CCCCN3)ccc21. The quantitative estimate of drug-likeness (QED) is 0.876. The zero-order valence-electron chi connectivity index (χ0n) is 12.1. The molecule has 1 aromatic rings. The Labute approximate surface area is 120 Å². The molecule has 0 aliphatic carbocycles. The summed E-state index contributed by atoms with van der Waals surface area (Å²) in [5.74, 6) is 0.141. The molecule has 0 spiro atoms. The Bertz CT molecular complexity index is 494. The van der Waals surface area contributed by atoms with Crippen molar-refractivity contribution in [3.8, 4) is 0 Å². The Hall–Kier alpha value is -1.55. The van der Waals surface area contributed by atoms with E-state index in [9.17, 15) is 4.79 Å². The molecule has 0 aromatic heterocycles. The molecule has 2 heterocycles. The van der Waals surface area contributed by atoms with E-state index in [1.165, 1.54) is 23.2 Å². The van der Waals surface area contributed by atoms with E-state index < -0.39 is 0 Å². The Balaban J connectivity index is 1.57. The highest BCUT2D eigenvalue weighted by Gasteiger charge is 2.20. The standard InChI is InChI=1S/C16H23N3O/c1-19-9-7-13-10-12(5-6-15(13)19)11-18-16(20)14-4-2-3-8-17-14/h5-6,10,14,17H,2-4,7-9,11H2,1H3,(H,18,20). The molecule has 0 bridgehead atoms. The molecule has 2 N–H and O–H groups in total. The van der Waals surface area contributed by atoms with Gasteiger partial charge in [-0.15, -0.1) is 0 Å². The molecule has 1 fully saturated rings. The highest BCUT2D eigenvalue weighted by Crippen LogP contribution is 2.27. The number of nitrogens with one attached hydrogen (secondary N) is 2. The summed E-state index contributed by atoms with van der Waals surface area (Å²) >= 11 is 0.